The predicted octanol–water partition coefficient (Wildman–Crippen LogP) is 3.77. The van der Waals surface area contributed by atoms with Crippen LogP contribution in [-0.4, -0.2) is 17.3 Å². The van der Waals surface area contributed by atoms with Crippen molar-refractivity contribution in [3.8, 4) is 17.1 Å². The molecule has 0 aliphatic heterocycles. The summed E-state index contributed by atoms with van der Waals surface area (Å²) in [6.07, 6.45) is 0. The number of nitrogens with zero attached hydrogens (tertiary/aromatic N) is 2. The van der Waals surface area contributed by atoms with Crippen molar-refractivity contribution in [2.24, 2.45) is 0 Å². The Hall–Kier alpha value is -2.96. The van der Waals surface area contributed by atoms with Crippen molar-refractivity contribution in [2.45, 2.75) is 0 Å². The molecule has 0 atom stereocenters. The van der Waals surface area contributed by atoms with E-state index in [1.807, 2.05) is 0 Å². The third kappa shape index (κ3) is 2.88. The van der Waals surface area contributed by atoms with E-state index in [-0.39, 0.29) is 11.7 Å². The van der Waals surface area contributed by atoms with Crippen LogP contribution in [0, 0.1) is 11.6 Å². The van der Waals surface area contributed by atoms with Gasteiger partial charge in [0.15, 0.2) is 0 Å². The molecule has 0 spiro atoms. The van der Waals surface area contributed by atoms with E-state index in [1.165, 1.54) is 0 Å². The van der Waals surface area contributed by atoms with Gasteiger partial charge in [0, 0.05) is 11.6 Å². The maximum absolute atomic E-state index is 13.5. The molecule has 0 saturated heterocycles. The molecule has 0 fully saturated rings. The summed E-state index contributed by atoms with van der Waals surface area (Å²) in [6, 6.07) is 10.0. The predicted molar refractivity (Wildman–Crippen MR) is 75.9 cm³/mol. The van der Waals surface area contributed by atoms with Crippen LogP contribution in [0.1, 0.15) is 0 Å². The third-order valence-corrected chi connectivity index (χ3v) is 2.94. The molecule has 0 aliphatic carbocycles. The molecule has 1 aromatic heterocycles. The Morgan fingerprint density at radius 1 is 1.09 bits per heavy atom. The SMILES string of the molecule is COc1ccc(-c2noc(Nc3cc(F)ccc3F)n2)cc1. The van der Waals surface area contributed by atoms with E-state index in [0.717, 1.165) is 18.2 Å². The summed E-state index contributed by atoms with van der Waals surface area (Å²) in [5.41, 5.74) is 0.627. The monoisotopic (exact) mass is 303 g/mol. The first-order valence-corrected chi connectivity index (χ1v) is 6.36. The van der Waals surface area contributed by atoms with Crippen molar-refractivity contribution in [2.75, 3.05) is 12.4 Å². The summed E-state index contributed by atoms with van der Waals surface area (Å²) < 4.78 is 36.7. The maximum Gasteiger partial charge on any atom is 0.326 e. The summed E-state index contributed by atoms with van der Waals surface area (Å²) >= 11 is 0. The highest BCUT2D eigenvalue weighted by Crippen LogP contribution is 2.24. The standard InChI is InChI=1S/C15H11F2N3O2/c1-21-11-5-2-9(3-6-11)14-19-15(22-20-14)18-13-8-10(16)4-7-12(13)17/h2-8H,1H3,(H,18,19,20). The Kier molecular flexibility index (Phi) is 3.69. The zero-order valence-electron chi connectivity index (χ0n) is 11.5. The molecular weight excluding hydrogens is 292 g/mol. The normalized spacial score (nSPS) is 10.5. The summed E-state index contributed by atoms with van der Waals surface area (Å²) in [5, 5.41) is 6.33. The smallest absolute Gasteiger partial charge is 0.326 e. The fourth-order valence-corrected chi connectivity index (χ4v) is 1.84. The average molecular weight is 303 g/mol. The molecule has 0 radical (unpaired) electrons. The van der Waals surface area contributed by atoms with Crippen LogP contribution >= 0.6 is 0 Å². The lowest BCUT2D eigenvalue weighted by atomic mass is 10.2. The molecule has 22 heavy (non-hydrogen) atoms. The summed E-state index contributed by atoms with van der Waals surface area (Å²) in [4.78, 5) is 4.08. The molecule has 0 unspecified atom stereocenters. The Balaban J connectivity index is 1.82. The minimum atomic E-state index is -0.620. The fourth-order valence-electron chi connectivity index (χ4n) is 1.84. The number of ether oxygens (including phenoxy) is 1. The highest BCUT2D eigenvalue weighted by atomic mass is 19.1. The molecule has 0 saturated carbocycles. The fraction of sp³-hybridized carbons (Fsp3) is 0.0667. The molecule has 7 heteroatoms. The van der Waals surface area contributed by atoms with E-state index in [9.17, 15) is 8.78 Å². The van der Waals surface area contributed by atoms with Crippen LogP contribution in [0.15, 0.2) is 47.0 Å². The van der Waals surface area contributed by atoms with Crippen molar-refractivity contribution in [1.82, 2.24) is 10.1 Å². The number of methoxy groups -OCH3 is 1. The highest BCUT2D eigenvalue weighted by Gasteiger charge is 2.11. The lowest BCUT2D eigenvalue weighted by Crippen LogP contribution is -1.95. The van der Waals surface area contributed by atoms with Crippen molar-refractivity contribution in [3.63, 3.8) is 0 Å². The summed E-state index contributed by atoms with van der Waals surface area (Å²) in [5.74, 6) is -0.168. The van der Waals surface area contributed by atoms with Gasteiger partial charge in [-0.2, -0.15) is 4.98 Å². The number of hydrogen-bond donors (Lipinski definition) is 1. The number of hydrogen-bond acceptors (Lipinski definition) is 5. The average Bonchev–Trinajstić information content (AvgIpc) is 2.99. The number of benzene rings is 2. The van der Waals surface area contributed by atoms with Crippen molar-refractivity contribution < 1.29 is 18.0 Å². The second-order valence-corrected chi connectivity index (χ2v) is 4.40. The Labute approximate surface area is 124 Å². The van der Waals surface area contributed by atoms with E-state index in [1.54, 1.807) is 31.4 Å². The minimum absolute atomic E-state index is 0.0321. The van der Waals surface area contributed by atoms with Gasteiger partial charge in [0.25, 0.3) is 0 Å². The van der Waals surface area contributed by atoms with Gasteiger partial charge in [-0.1, -0.05) is 5.16 Å². The van der Waals surface area contributed by atoms with Crippen molar-refractivity contribution in [3.05, 3.63) is 54.1 Å². The maximum atomic E-state index is 13.5. The van der Waals surface area contributed by atoms with Gasteiger partial charge < -0.3 is 14.6 Å². The van der Waals surface area contributed by atoms with Gasteiger partial charge in [0.05, 0.1) is 12.8 Å². The van der Waals surface area contributed by atoms with Gasteiger partial charge in [-0.15, -0.1) is 0 Å². The van der Waals surface area contributed by atoms with Gasteiger partial charge in [-0.05, 0) is 36.4 Å². The van der Waals surface area contributed by atoms with Crippen LogP contribution in [0.3, 0.4) is 0 Å². The van der Waals surface area contributed by atoms with E-state index in [4.69, 9.17) is 9.26 Å². The zero-order valence-corrected chi connectivity index (χ0v) is 11.5. The molecular formula is C15H11F2N3O2. The molecule has 0 amide bonds. The summed E-state index contributed by atoms with van der Waals surface area (Å²) in [7, 11) is 1.57. The minimum Gasteiger partial charge on any atom is -0.497 e. The van der Waals surface area contributed by atoms with Crippen molar-refractivity contribution in [1.29, 1.82) is 0 Å². The van der Waals surface area contributed by atoms with E-state index < -0.39 is 11.6 Å². The second kappa shape index (κ2) is 5.80. The van der Waals surface area contributed by atoms with Crippen LogP contribution in [-0.2, 0) is 0 Å². The Bertz CT molecular complexity index is 788. The molecule has 0 bridgehead atoms. The first-order chi connectivity index (χ1) is 10.7. The van der Waals surface area contributed by atoms with Crippen molar-refractivity contribution >= 4 is 11.7 Å². The lowest BCUT2D eigenvalue weighted by molar-refractivity contribution is 0.415. The van der Waals surface area contributed by atoms with Gasteiger partial charge in [-0.3, -0.25) is 0 Å². The number of aromatic nitrogens is 2. The van der Waals surface area contributed by atoms with Gasteiger partial charge in [0.2, 0.25) is 5.82 Å². The Morgan fingerprint density at radius 3 is 2.59 bits per heavy atom. The molecule has 3 aromatic rings. The van der Waals surface area contributed by atoms with Crippen LogP contribution in [0.25, 0.3) is 11.4 Å². The topological polar surface area (TPSA) is 60.2 Å². The Morgan fingerprint density at radius 2 is 1.86 bits per heavy atom. The highest BCUT2D eigenvalue weighted by molar-refractivity contribution is 5.59. The number of nitrogens with one attached hydrogen (secondary N) is 1. The molecule has 2 aromatic carbocycles. The summed E-state index contributed by atoms with van der Waals surface area (Å²) in [6.45, 7) is 0. The van der Waals surface area contributed by atoms with E-state index in [2.05, 4.69) is 15.5 Å². The van der Waals surface area contributed by atoms with Gasteiger partial charge >= 0.3 is 6.01 Å². The molecule has 112 valence electrons. The largest absolute Gasteiger partial charge is 0.497 e. The van der Waals surface area contributed by atoms with E-state index in [0.29, 0.717) is 17.1 Å². The van der Waals surface area contributed by atoms with Crippen LogP contribution < -0.4 is 10.1 Å². The van der Waals surface area contributed by atoms with Crippen LogP contribution in [0.2, 0.25) is 0 Å². The first kappa shape index (κ1) is 14.0. The third-order valence-electron chi connectivity index (χ3n) is 2.94. The molecule has 1 heterocycles. The van der Waals surface area contributed by atoms with Gasteiger partial charge in [0.1, 0.15) is 17.4 Å². The van der Waals surface area contributed by atoms with E-state index >= 15 is 0 Å². The molecule has 3 rings (SSSR count). The van der Waals surface area contributed by atoms with Gasteiger partial charge in [-0.25, -0.2) is 8.78 Å². The molecule has 5 nitrogen and oxygen atoms in total. The number of rotatable bonds is 4. The van der Waals surface area contributed by atoms with Crippen LogP contribution in [0.4, 0.5) is 20.5 Å². The second-order valence-electron chi connectivity index (χ2n) is 4.40. The quantitative estimate of drug-likeness (QED) is 0.795. The lowest BCUT2D eigenvalue weighted by Gasteiger charge is -2.02. The zero-order chi connectivity index (χ0) is 15.5. The molecule has 1 N–H and O–H groups in total. The van der Waals surface area contributed by atoms with Crippen LogP contribution in [0.5, 0.6) is 5.75 Å². The number of anilines is 2. The molecule has 0 aliphatic rings. The first-order valence-electron chi connectivity index (χ1n) is 6.36. The number of halogens is 2.